The molecule has 3 aromatic carbocycles. The van der Waals surface area contributed by atoms with E-state index in [1.807, 2.05) is 12.3 Å². The van der Waals surface area contributed by atoms with E-state index in [0.29, 0.717) is 0 Å². The van der Waals surface area contributed by atoms with Gasteiger partial charge in [-0.15, -0.1) is 6.58 Å². The second kappa shape index (κ2) is 9.68. The van der Waals surface area contributed by atoms with E-state index in [4.69, 9.17) is 0 Å². The standard InChI is InChI=1S/C26H27N/c1-3-4-5-6-7-22-10-12-23(13-11-22)20-27-26-18-16-25(17-19-26)24-14-8-21(2)9-15-24/h3,8-20H,1,4-7H2,2H3. The van der Waals surface area contributed by atoms with Crippen molar-refractivity contribution in [1.82, 2.24) is 0 Å². The average molecular weight is 354 g/mol. The molecule has 0 aliphatic heterocycles. The van der Waals surface area contributed by atoms with Crippen LogP contribution in [-0.4, -0.2) is 6.21 Å². The van der Waals surface area contributed by atoms with Crippen LogP contribution in [0.3, 0.4) is 0 Å². The fraction of sp³-hybridized carbons (Fsp3) is 0.192. The molecule has 0 radical (unpaired) electrons. The topological polar surface area (TPSA) is 12.4 Å². The summed E-state index contributed by atoms with van der Waals surface area (Å²) in [5, 5.41) is 0. The van der Waals surface area contributed by atoms with Crippen LogP contribution in [0.4, 0.5) is 5.69 Å². The van der Waals surface area contributed by atoms with Gasteiger partial charge in [-0.1, -0.05) is 72.3 Å². The third kappa shape index (κ3) is 5.79. The summed E-state index contributed by atoms with van der Waals surface area (Å²) in [5.74, 6) is 0. The quantitative estimate of drug-likeness (QED) is 0.229. The lowest BCUT2D eigenvalue weighted by Crippen LogP contribution is -1.87. The molecular formula is C26H27N. The maximum atomic E-state index is 4.61. The Kier molecular flexibility index (Phi) is 6.76. The normalized spacial score (nSPS) is 11.0. The summed E-state index contributed by atoms with van der Waals surface area (Å²) >= 11 is 0. The summed E-state index contributed by atoms with van der Waals surface area (Å²) < 4.78 is 0. The van der Waals surface area contributed by atoms with Crippen LogP contribution in [0.5, 0.6) is 0 Å². The number of hydrogen-bond acceptors (Lipinski definition) is 1. The summed E-state index contributed by atoms with van der Waals surface area (Å²) in [5.41, 5.74) is 7.22. The van der Waals surface area contributed by atoms with Crippen LogP contribution < -0.4 is 0 Å². The molecule has 3 aromatic rings. The van der Waals surface area contributed by atoms with Gasteiger partial charge in [0, 0.05) is 6.21 Å². The summed E-state index contributed by atoms with van der Waals surface area (Å²) in [4.78, 5) is 4.61. The molecule has 27 heavy (non-hydrogen) atoms. The zero-order chi connectivity index (χ0) is 18.9. The molecule has 0 atom stereocenters. The Hall–Kier alpha value is -2.93. The van der Waals surface area contributed by atoms with Crippen molar-refractivity contribution >= 4 is 11.9 Å². The van der Waals surface area contributed by atoms with Crippen LogP contribution in [0.15, 0.2) is 90.4 Å². The second-order valence-electron chi connectivity index (χ2n) is 6.95. The monoisotopic (exact) mass is 353 g/mol. The van der Waals surface area contributed by atoms with Gasteiger partial charge in [0.15, 0.2) is 0 Å². The zero-order valence-electron chi connectivity index (χ0n) is 16.1. The molecule has 0 N–H and O–H groups in total. The number of allylic oxidation sites excluding steroid dienone is 1. The predicted molar refractivity (Wildman–Crippen MR) is 118 cm³/mol. The van der Waals surface area contributed by atoms with Crippen LogP contribution >= 0.6 is 0 Å². The van der Waals surface area contributed by atoms with Gasteiger partial charge < -0.3 is 0 Å². The first kappa shape index (κ1) is 18.8. The van der Waals surface area contributed by atoms with Crippen molar-refractivity contribution in [1.29, 1.82) is 0 Å². The predicted octanol–water partition coefficient (Wildman–Crippen LogP) is 7.31. The molecule has 0 heterocycles. The van der Waals surface area contributed by atoms with Gasteiger partial charge in [0.05, 0.1) is 5.69 Å². The van der Waals surface area contributed by atoms with Gasteiger partial charge in [0.1, 0.15) is 0 Å². The maximum absolute atomic E-state index is 4.61. The van der Waals surface area contributed by atoms with Crippen molar-refractivity contribution in [3.05, 3.63) is 102 Å². The number of benzene rings is 3. The van der Waals surface area contributed by atoms with Gasteiger partial charge in [-0.25, -0.2) is 0 Å². The number of aliphatic imine (C=N–C) groups is 1. The molecule has 0 spiro atoms. The Morgan fingerprint density at radius 3 is 2.04 bits per heavy atom. The summed E-state index contributed by atoms with van der Waals surface area (Å²) in [6.45, 7) is 5.88. The Bertz CT molecular complexity index is 869. The molecule has 136 valence electrons. The van der Waals surface area contributed by atoms with Crippen molar-refractivity contribution < 1.29 is 0 Å². The fourth-order valence-corrected chi connectivity index (χ4v) is 3.02. The van der Waals surface area contributed by atoms with Gasteiger partial charge >= 0.3 is 0 Å². The molecule has 0 aromatic heterocycles. The number of nitrogens with zero attached hydrogens (tertiary/aromatic N) is 1. The van der Waals surface area contributed by atoms with E-state index in [9.17, 15) is 0 Å². The SMILES string of the molecule is C=CCCCCc1ccc(C=Nc2ccc(-c3ccc(C)cc3)cc2)cc1. The van der Waals surface area contributed by atoms with Crippen molar-refractivity contribution in [3.63, 3.8) is 0 Å². The smallest absolute Gasteiger partial charge is 0.0630 e. The first-order chi connectivity index (χ1) is 13.2. The number of rotatable bonds is 8. The van der Waals surface area contributed by atoms with Gasteiger partial charge in [-0.2, -0.15) is 0 Å². The average Bonchev–Trinajstić information content (AvgIpc) is 2.72. The van der Waals surface area contributed by atoms with Crippen molar-refractivity contribution in [2.75, 3.05) is 0 Å². The molecule has 1 nitrogen and oxygen atoms in total. The highest BCUT2D eigenvalue weighted by molar-refractivity contribution is 5.82. The van der Waals surface area contributed by atoms with Crippen LogP contribution in [0.1, 0.15) is 36.0 Å². The van der Waals surface area contributed by atoms with E-state index in [-0.39, 0.29) is 0 Å². The minimum atomic E-state index is 0.972. The largest absolute Gasteiger partial charge is 0.256 e. The molecule has 0 amide bonds. The molecule has 0 saturated heterocycles. The summed E-state index contributed by atoms with van der Waals surface area (Å²) in [6, 6.07) is 25.7. The summed E-state index contributed by atoms with van der Waals surface area (Å²) in [6.07, 6.45) is 8.59. The highest BCUT2D eigenvalue weighted by atomic mass is 14.7. The van der Waals surface area contributed by atoms with Crippen LogP contribution in [0.25, 0.3) is 11.1 Å². The van der Waals surface area contributed by atoms with Gasteiger partial charge in [-0.3, -0.25) is 4.99 Å². The molecule has 0 fully saturated rings. The molecule has 1 heteroatoms. The van der Waals surface area contributed by atoms with E-state index in [1.165, 1.54) is 35.1 Å². The van der Waals surface area contributed by atoms with Crippen molar-refractivity contribution in [3.8, 4) is 11.1 Å². The Balaban J connectivity index is 1.58. The van der Waals surface area contributed by atoms with Gasteiger partial charge in [-0.05, 0) is 67.0 Å². The molecule has 0 aliphatic rings. The van der Waals surface area contributed by atoms with E-state index in [0.717, 1.165) is 24.1 Å². The second-order valence-corrected chi connectivity index (χ2v) is 6.95. The first-order valence-electron chi connectivity index (χ1n) is 9.65. The Morgan fingerprint density at radius 1 is 0.778 bits per heavy atom. The lowest BCUT2D eigenvalue weighted by Gasteiger charge is -2.03. The van der Waals surface area contributed by atoms with E-state index >= 15 is 0 Å². The molecule has 3 rings (SSSR count). The van der Waals surface area contributed by atoms with Crippen molar-refractivity contribution in [2.24, 2.45) is 4.99 Å². The maximum Gasteiger partial charge on any atom is 0.0630 e. The van der Waals surface area contributed by atoms with E-state index in [2.05, 4.69) is 91.3 Å². The Morgan fingerprint density at radius 2 is 1.41 bits per heavy atom. The first-order valence-corrected chi connectivity index (χ1v) is 9.65. The highest BCUT2D eigenvalue weighted by Crippen LogP contribution is 2.23. The zero-order valence-corrected chi connectivity index (χ0v) is 16.1. The van der Waals surface area contributed by atoms with Gasteiger partial charge in [0.25, 0.3) is 0 Å². The number of unbranched alkanes of at least 4 members (excludes halogenated alkanes) is 2. The van der Waals surface area contributed by atoms with Crippen LogP contribution in [0, 0.1) is 6.92 Å². The van der Waals surface area contributed by atoms with E-state index in [1.54, 1.807) is 0 Å². The minimum Gasteiger partial charge on any atom is -0.256 e. The molecule has 0 bridgehead atoms. The molecular weight excluding hydrogens is 326 g/mol. The lowest BCUT2D eigenvalue weighted by atomic mass is 10.0. The van der Waals surface area contributed by atoms with Crippen LogP contribution in [0.2, 0.25) is 0 Å². The number of aryl methyl sites for hydroxylation is 2. The lowest BCUT2D eigenvalue weighted by molar-refractivity contribution is 0.748. The van der Waals surface area contributed by atoms with Gasteiger partial charge in [0.2, 0.25) is 0 Å². The summed E-state index contributed by atoms with van der Waals surface area (Å²) in [7, 11) is 0. The van der Waals surface area contributed by atoms with Crippen LogP contribution in [-0.2, 0) is 6.42 Å². The van der Waals surface area contributed by atoms with E-state index < -0.39 is 0 Å². The molecule has 0 aliphatic carbocycles. The third-order valence-corrected chi connectivity index (χ3v) is 4.72. The number of hydrogen-bond donors (Lipinski definition) is 0. The fourth-order valence-electron chi connectivity index (χ4n) is 3.02. The molecule has 0 unspecified atom stereocenters. The minimum absolute atomic E-state index is 0.972. The van der Waals surface area contributed by atoms with Crippen molar-refractivity contribution in [2.45, 2.75) is 32.6 Å². The highest BCUT2D eigenvalue weighted by Gasteiger charge is 1.98. The molecule has 0 saturated carbocycles. The third-order valence-electron chi connectivity index (χ3n) is 4.72. The Labute approximate surface area is 163 Å².